The number of benzene rings is 1. The number of rotatable bonds is 3. The lowest BCUT2D eigenvalue weighted by Crippen LogP contribution is -2.52. The van der Waals surface area contributed by atoms with Crippen molar-refractivity contribution >= 4 is 17.7 Å². The number of hydrogen-bond donors (Lipinski definition) is 2. The Morgan fingerprint density at radius 1 is 1.30 bits per heavy atom. The molecule has 0 aromatic heterocycles. The maximum Gasteiger partial charge on any atom is 0.326 e. The molecule has 1 unspecified atom stereocenters. The van der Waals surface area contributed by atoms with Crippen molar-refractivity contribution in [1.29, 1.82) is 0 Å². The SMILES string of the molecule is Cc1cccc(N(C)C(=O)NC(C(=O)O)C(C)(C)C)c1. The van der Waals surface area contributed by atoms with Crippen LogP contribution in [0.5, 0.6) is 0 Å². The smallest absolute Gasteiger partial charge is 0.326 e. The predicted molar refractivity (Wildman–Crippen MR) is 79.0 cm³/mol. The number of nitrogens with zero attached hydrogens (tertiary/aromatic N) is 1. The molecule has 0 radical (unpaired) electrons. The summed E-state index contributed by atoms with van der Waals surface area (Å²) in [5.41, 5.74) is 1.20. The average Bonchev–Trinajstić information content (AvgIpc) is 2.32. The summed E-state index contributed by atoms with van der Waals surface area (Å²) in [7, 11) is 1.62. The van der Waals surface area contributed by atoms with Gasteiger partial charge in [-0.05, 0) is 30.0 Å². The Bertz CT molecular complexity index is 506. The number of amides is 2. The molecule has 0 heterocycles. The zero-order chi connectivity index (χ0) is 15.5. The van der Waals surface area contributed by atoms with Crippen LogP contribution in [0.2, 0.25) is 0 Å². The minimum Gasteiger partial charge on any atom is -0.480 e. The highest BCUT2D eigenvalue weighted by atomic mass is 16.4. The van der Waals surface area contributed by atoms with E-state index in [0.717, 1.165) is 11.3 Å². The van der Waals surface area contributed by atoms with Gasteiger partial charge in [0.15, 0.2) is 0 Å². The highest BCUT2D eigenvalue weighted by Gasteiger charge is 2.33. The molecule has 1 aromatic rings. The Kier molecular flexibility index (Phi) is 4.76. The number of hydrogen-bond acceptors (Lipinski definition) is 2. The van der Waals surface area contributed by atoms with Crippen LogP contribution < -0.4 is 10.2 Å². The van der Waals surface area contributed by atoms with E-state index in [0.29, 0.717) is 0 Å². The molecule has 0 saturated carbocycles. The van der Waals surface area contributed by atoms with Gasteiger partial charge >= 0.3 is 12.0 Å². The van der Waals surface area contributed by atoms with Crippen LogP contribution in [0, 0.1) is 12.3 Å². The molecule has 0 fully saturated rings. The van der Waals surface area contributed by atoms with E-state index in [1.54, 1.807) is 33.9 Å². The Balaban J connectivity index is 2.87. The fraction of sp³-hybridized carbons (Fsp3) is 0.467. The topological polar surface area (TPSA) is 69.6 Å². The molecule has 0 aliphatic rings. The molecule has 1 rings (SSSR count). The second-order valence-electron chi connectivity index (χ2n) is 5.98. The summed E-state index contributed by atoms with van der Waals surface area (Å²) in [6.45, 7) is 7.26. The second kappa shape index (κ2) is 5.94. The lowest BCUT2D eigenvalue weighted by molar-refractivity contribution is -0.141. The summed E-state index contributed by atoms with van der Waals surface area (Å²) in [4.78, 5) is 24.8. The van der Waals surface area contributed by atoms with E-state index in [9.17, 15) is 14.7 Å². The number of carboxylic acids is 1. The number of urea groups is 1. The fourth-order valence-electron chi connectivity index (χ4n) is 1.82. The van der Waals surface area contributed by atoms with Crippen LogP contribution in [-0.4, -0.2) is 30.2 Å². The van der Waals surface area contributed by atoms with Crippen LogP contribution in [0.3, 0.4) is 0 Å². The molecule has 0 spiro atoms. The lowest BCUT2D eigenvalue weighted by atomic mass is 9.87. The number of aryl methyl sites for hydroxylation is 1. The van der Waals surface area contributed by atoms with Gasteiger partial charge in [0.2, 0.25) is 0 Å². The first kappa shape index (κ1) is 16.0. The molecular formula is C15H22N2O3. The maximum absolute atomic E-state index is 12.2. The molecular weight excluding hydrogens is 256 g/mol. The summed E-state index contributed by atoms with van der Waals surface area (Å²) < 4.78 is 0. The van der Waals surface area contributed by atoms with Crippen LogP contribution in [0.1, 0.15) is 26.3 Å². The Morgan fingerprint density at radius 2 is 1.90 bits per heavy atom. The quantitative estimate of drug-likeness (QED) is 0.893. The maximum atomic E-state index is 12.2. The molecule has 0 saturated heterocycles. The number of carbonyl (C=O) groups is 2. The van der Waals surface area contributed by atoms with E-state index in [2.05, 4.69) is 5.32 Å². The third kappa shape index (κ3) is 3.98. The van der Waals surface area contributed by atoms with Crippen molar-refractivity contribution in [3.63, 3.8) is 0 Å². The number of nitrogens with one attached hydrogen (secondary N) is 1. The van der Waals surface area contributed by atoms with Crippen LogP contribution in [-0.2, 0) is 4.79 Å². The molecule has 1 aromatic carbocycles. The minimum absolute atomic E-state index is 0.432. The molecule has 110 valence electrons. The predicted octanol–water partition coefficient (Wildman–Crippen LogP) is 2.64. The summed E-state index contributed by atoms with van der Waals surface area (Å²) >= 11 is 0. The van der Waals surface area contributed by atoms with Gasteiger partial charge in [0.1, 0.15) is 6.04 Å². The molecule has 0 aliphatic heterocycles. The number of aliphatic carboxylic acids is 1. The van der Waals surface area contributed by atoms with Crippen molar-refractivity contribution in [2.24, 2.45) is 5.41 Å². The third-order valence-corrected chi connectivity index (χ3v) is 3.07. The van der Waals surface area contributed by atoms with E-state index < -0.39 is 23.5 Å². The molecule has 5 heteroatoms. The Labute approximate surface area is 119 Å². The van der Waals surface area contributed by atoms with Crippen molar-refractivity contribution in [1.82, 2.24) is 5.32 Å². The molecule has 0 aliphatic carbocycles. The van der Waals surface area contributed by atoms with Crippen molar-refractivity contribution in [3.8, 4) is 0 Å². The zero-order valence-electron chi connectivity index (χ0n) is 12.6. The monoisotopic (exact) mass is 278 g/mol. The van der Waals surface area contributed by atoms with E-state index in [1.807, 2.05) is 25.1 Å². The van der Waals surface area contributed by atoms with Gasteiger partial charge in [-0.3, -0.25) is 4.90 Å². The van der Waals surface area contributed by atoms with Crippen LogP contribution >= 0.6 is 0 Å². The molecule has 5 nitrogen and oxygen atoms in total. The van der Waals surface area contributed by atoms with Gasteiger partial charge in [-0.2, -0.15) is 0 Å². The van der Waals surface area contributed by atoms with Gasteiger partial charge < -0.3 is 10.4 Å². The number of carboxylic acid groups (broad SMARTS) is 1. The molecule has 2 N–H and O–H groups in total. The molecule has 20 heavy (non-hydrogen) atoms. The summed E-state index contributed by atoms with van der Waals surface area (Å²) in [6.07, 6.45) is 0. The number of carbonyl (C=O) groups excluding carboxylic acids is 1. The van der Waals surface area contributed by atoms with Crippen LogP contribution in [0.15, 0.2) is 24.3 Å². The van der Waals surface area contributed by atoms with E-state index in [1.165, 1.54) is 4.90 Å². The van der Waals surface area contributed by atoms with Gasteiger partial charge in [0.25, 0.3) is 0 Å². The molecule has 2 amide bonds. The van der Waals surface area contributed by atoms with Gasteiger partial charge in [0, 0.05) is 12.7 Å². The Morgan fingerprint density at radius 3 is 2.35 bits per heavy atom. The van der Waals surface area contributed by atoms with Gasteiger partial charge in [-0.25, -0.2) is 9.59 Å². The summed E-state index contributed by atoms with van der Waals surface area (Å²) in [5.74, 6) is -1.04. The number of anilines is 1. The van der Waals surface area contributed by atoms with Crippen molar-refractivity contribution < 1.29 is 14.7 Å². The van der Waals surface area contributed by atoms with Crippen LogP contribution in [0.25, 0.3) is 0 Å². The highest BCUT2D eigenvalue weighted by molar-refractivity contribution is 5.94. The lowest BCUT2D eigenvalue weighted by Gasteiger charge is -2.29. The van der Waals surface area contributed by atoms with Crippen LogP contribution in [0.4, 0.5) is 10.5 Å². The summed E-state index contributed by atoms with van der Waals surface area (Å²) in [5, 5.41) is 11.8. The molecule has 0 bridgehead atoms. The fourth-order valence-corrected chi connectivity index (χ4v) is 1.82. The third-order valence-electron chi connectivity index (χ3n) is 3.07. The largest absolute Gasteiger partial charge is 0.480 e. The zero-order valence-corrected chi connectivity index (χ0v) is 12.6. The van der Waals surface area contributed by atoms with E-state index in [-0.39, 0.29) is 0 Å². The first-order chi connectivity index (χ1) is 9.12. The first-order valence-corrected chi connectivity index (χ1v) is 6.46. The van der Waals surface area contributed by atoms with Gasteiger partial charge in [-0.15, -0.1) is 0 Å². The standard InChI is InChI=1S/C15H22N2O3/c1-10-7-6-8-11(9-10)17(5)14(20)16-12(13(18)19)15(2,3)4/h6-9,12H,1-5H3,(H,16,20)(H,18,19). The van der Waals surface area contributed by atoms with Crippen molar-refractivity contribution in [2.75, 3.05) is 11.9 Å². The van der Waals surface area contributed by atoms with E-state index in [4.69, 9.17) is 0 Å². The van der Waals surface area contributed by atoms with E-state index >= 15 is 0 Å². The molecule has 1 atom stereocenters. The highest BCUT2D eigenvalue weighted by Crippen LogP contribution is 2.20. The Hall–Kier alpha value is -2.04. The first-order valence-electron chi connectivity index (χ1n) is 6.46. The normalized spacial score (nSPS) is 12.7. The summed E-state index contributed by atoms with van der Waals surface area (Å²) in [6, 6.07) is 6.09. The average molecular weight is 278 g/mol. The van der Waals surface area contributed by atoms with Gasteiger partial charge in [-0.1, -0.05) is 32.9 Å². The minimum atomic E-state index is -1.04. The second-order valence-corrected chi connectivity index (χ2v) is 5.98. The van der Waals surface area contributed by atoms with Crippen molar-refractivity contribution in [3.05, 3.63) is 29.8 Å². The van der Waals surface area contributed by atoms with Crippen molar-refractivity contribution in [2.45, 2.75) is 33.7 Å². The van der Waals surface area contributed by atoms with Gasteiger partial charge in [0.05, 0.1) is 0 Å².